The number of carbonyl (C=O) groups excluding carboxylic acids is 1. The van der Waals surface area contributed by atoms with Gasteiger partial charge in [-0.25, -0.2) is 4.79 Å². The Morgan fingerprint density at radius 1 is 0.921 bits per heavy atom. The summed E-state index contributed by atoms with van der Waals surface area (Å²) in [5.41, 5.74) is -0.988. The molecule has 0 aromatic heterocycles. The number of amides is 1. The van der Waals surface area contributed by atoms with Gasteiger partial charge in [0.15, 0.2) is 6.29 Å². The second kappa shape index (κ2) is 16.3. The fourth-order valence-electron chi connectivity index (χ4n) is 3.51. The standard InChI is InChI=1S/C29H57NO8/c1-12-22(5)33-19-23(30-26(31)35-18-21(3)4)20-34-25-24(38-25)29(10,13-2)37-17-15-28(8,9)36-16-14-27(6,7)32-11/h21-25H,12-20H2,1-11H3,(H,30,31). The maximum atomic E-state index is 12.2. The largest absolute Gasteiger partial charge is 0.449 e. The first-order chi connectivity index (χ1) is 17.7. The van der Waals surface area contributed by atoms with Crippen LogP contribution in [0, 0.1) is 5.92 Å². The molecule has 1 rings (SSSR count). The highest BCUT2D eigenvalue weighted by Gasteiger charge is 2.53. The van der Waals surface area contributed by atoms with E-state index in [0.717, 1.165) is 25.7 Å². The average Bonchev–Trinajstić information content (AvgIpc) is 3.64. The maximum absolute atomic E-state index is 12.2. The molecule has 9 heteroatoms. The number of rotatable bonds is 21. The summed E-state index contributed by atoms with van der Waals surface area (Å²) in [6.07, 6.45) is 2.30. The van der Waals surface area contributed by atoms with Gasteiger partial charge in [-0.3, -0.25) is 0 Å². The first kappa shape index (κ1) is 35.1. The Labute approximate surface area is 231 Å². The predicted octanol–water partition coefficient (Wildman–Crippen LogP) is 5.48. The number of nitrogens with one attached hydrogen (secondary N) is 1. The number of ether oxygens (including phenoxy) is 7. The topological polar surface area (TPSA) is 97.0 Å². The summed E-state index contributed by atoms with van der Waals surface area (Å²) in [5, 5.41) is 2.86. The summed E-state index contributed by atoms with van der Waals surface area (Å²) in [6.45, 7) is 22.6. The van der Waals surface area contributed by atoms with E-state index in [0.29, 0.717) is 26.4 Å². The van der Waals surface area contributed by atoms with E-state index < -0.39 is 11.7 Å². The molecule has 0 aliphatic carbocycles. The third-order valence-corrected chi connectivity index (χ3v) is 7.13. The van der Waals surface area contributed by atoms with E-state index in [-0.39, 0.29) is 48.3 Å². The van der Waals surface area contributed by atoms with Crippen LogP contribution < -0.4 is 5.32 Å². The lowest BCUT2D eigenvalue weighted by molar-refractivity contribution is -0.0978. The van der Waals surface area contributed by atoms with Gasteiger partial charge in [0.25, 0.3) is 0 Å². The first-order valence-electron chi connectivity index (χ1n) is 14.3. The van der Waals surface area contributed by atoms with Crippen molar-refractivity contribution in [2.45, 2.75) is 136 Å². The fraction of sp³-hybridized carbons (Fsp3) is 0.966. The van der Waals surface area contributed by atoms with Gasteiger partial charge in [0.05, 0.1) is 62.0 Å². The zero-order valence-electron chi connectivity index (χ0n) is 26.0. The molecule has 5 atom stereocenters. The Balaban J connectivity index is 2.53. The second-order valence-electron chi connectivity index (χ2n) is 12.2. The van der Waals surface area contributed by atoms with Crippen molar-refractivity contribution >= 4 is 6.09 Å². The zero-order chi connectivity index (χ0) is 29.0. The molecule has 5 unspecified atom stereocenters. The van der Waals surface area contributed by atoms with Crippen molar-refractivity contribution in [3.8, 4) is 0 Å². The number of alkyl carbamates (subject to hydrolysis) is 1. The zero-order valence-corrected chi connectivity index (χ0v) is 26.0. The Hall–Kier alpha value is -0.970. The van der Waals surface area contributed by atoms with Gasteiger partial charge >= 0.3 is 6.09 Å². The fourth-order valence-corrected chi connectivity index (χ4v) is 3.51. The molecule has 1 fully saturated rings. The van der Waals surface area contributed by atoms with Crippen LogP contribution >= 0.6 is 0 Å². The van der Waals surface area contributed by atoms with E-state index in [1.54, 1.807) is 7.11 Å². The molecule has 0 saturated carbocycles. The minimum atomic E-state index is -0.481. The highest BCUT2D eigenvalue weighted by atomic mass is 16.8. The van der Waals surface area contributed by atoms with Crippen LogP contribution in [0.5, 0.6) is 0 Å². The molecule has 38 heavy (non-hydrogen) atoms. The lowest BCUT2D eigenvalue weighted by Gasteiger charge is -2.31. The van der Waals surface area contributed by atoms with E-state index in [1.165, 1.54) is 0 Å². The van der Waals surface area contributed by atoms with E-state index >= 15 is 0 Å². The predicted molar refractivity (Wildman–Crippen MR) is 148 cm³/mol. The molecular formula is C29H57NO8. The van der Waals surface area contributed by atoms with Crippen LogP contribution in [-0.2, 0) is 33.2 Å². The monoisotopic (exact) mass is 547 g/mol. The summed E-state index contributed by atoms with van der Waals surface area (Å²) in [6, 6.07) is -0.344. The Bertz CT molecular complexity index is 671. The van der Waals surface area contributed by atoms with Crippen molar-refractivity contribution in [3.63, 3.8) is 0 Å². The number of hydrogen-bond donors (Lipinski definition) is 1. The van der Waals surface area contributed by atoms with Gasteiger partial charge < -0.3 is 38.5 Å². The number of epoxide rings is 1. The summed E-state index contributed by atoms with van der Waals surface area (Å²) < 4.78 is 40.9. The minimum Gasteiger partial charge on any atom is -0.449 e. The number of carbonyl (C=O) groups is 1. The molecule has 0 spiro atoms. The first-order valence-corrected chi connectivity index (χ1v) is 14.3. The van der Waals surface area contributed by atoms with Crippen molar-refractivity contribution in [2.24, 2.45) is 5.92 Å². The van der Waals surface area contributed by atoms with Crippen LogP contribution in [0.4, 0.5) is 4.79 Å². The van der Waals surface area contributed by atoms with Crippen LogP contribution in [0.3, 0.4) is 0 Å². The molecule has 226 valence electrons. The average molecular weight is 548 g/mol. The lowest BCUT2D eigenvalue weighted by atomic mass is 9.98. The van der Waals surface area contributed by atoms with E-state index in [9.17, 15) is 4.79 Å². The third kappa shape index (κ3) is 13.9. The van der Waals surface area contributed by atoms with Crippen LogP contribution in [0.2, 0.25) is 0 Å². The van der Waals surface area contributed by atoms with Gasteiger partial charge in [-0.1, -0.05) is 27.7 Å². The van der Waals surface area contributed by atoms with Crippen molar-refractivity contribution in [1.82, 2.24) is 5.32 Å². The third-order valence-electron chi connectivity index (χ3n) is 7.13. The molecule has 0 bridgehead atoms. The lowest BCUT2D eigenvalue weighted by Crippen LogP contribution is -2.43. The normalized spacial score (nSPS) is 21.2. The van der Waals surface area contributed by atoms with Crippen molar-refractivity contribution in [2.75, 3.05) is 40.1 Å². The van der Waals surface area contributed by atoms with E-state index in [1.807, 2.05) is 20.8 Å². The number of hydrogen-bond acceptors (Lipinski definition) is 8. The molecule has 1 aliphatic rings. The Kier molecular flexibility index (Phi) is 15.1. The van der Waals surface area contributed by atoms with Crippen LogP contribution in [0.1, 0.15) is 94.9 Å². The van der Waals surface area contributed by atoms with Gasteiger partial charge in [0.1, 0.15) is 6.10 Å². The van der Waals surface area contributed by atoms with Gasteiger partial charge in [0, 0.05) is 7.11 Å². The van der Waals surface area contributed by atoms with Gasteiger partial charge in [-0.05, 0) is 73.1 Å². The minimum absolute atomic E-state index is 0.0902. The molecule has 1 amide bonds. The van der Waals surface area contributed by atoms with Gasteiger partial charge in [-0.2, -0.15) is 0 Å². The molecule has 1 N–H and O–H groups in total. The molecule has 0 aromatic rings. The van der Waals surface area contributed by atoms with Crippen molar-refractivity contribution in [1.29, 1.82) is 0 Å². The SMILES string of the molecule is CCC(C)OCC(COC1OC1C(C)(CC)OCCC(C)(C)OCCC(C)(C)OC)NC(=O)OCC(C)C. The van der Waals surface area contributed by atoms with Crippen LogP contribution in [0.15, 0.2) is 0 Å². The molecule has 1 aliphatic heterocycles. The maximum Gasteiger partial charge on any atom is 0.407 e. The van der Waals surface area contributed by atoms with Crippen molar-refractivity contribution in [3.05, 3.63) is 0 Å². The van der Waals surface area contributed by atoms with E-state index in [2.05, 4.69) is 53.8 Å². The Morgan fingerprint density at radius 3 is 2.13 bits per heavy atom. The molecule has 9 nitrogen and oxygen atoms in total. The highest BCUT2D eigenvalue weighted by Crippen LogP contribution is 2.38. The molecular weight excluding hydrogens is 490 g/mol. The van der Waals surface area contributed by atoms with Crippen molar-refractivity contribution < 1.29 is 38.0 Å². The second-order valence-corrected chi connectivity index (χ2v) is 12.2. The van der Waals surface area contributed by atoms with Crippen LogP contribution in [0.25, 0.3) is 0 Å². The Morgan fingerprint density at radius 2 is 1.55 bits per heavy atom. The summed E-state index contributed by atoms with van der Waals surface area (Å²) in [4.78, 5) is 12.2. The van der Waals surface area contributed by atoms with Gasteiger partial charge in [0.2, 0.25) is 0 Å². The summed E-state index contributed by atoms with van der Waals surface area (Å²) >= 11 is 0. The summed E-state index contributed by atoms with van der Waals surface area (Å²) in [5.74, 6) is 0.263. The highest BCUT2D eigenvalue weighted by molar-refractivity contribution is 5.67. The molecule has 0 aromatic carbocycles. The smallest absolute Gasteiger partial charge is 0.407 e. The molecule has 1 heterocycles. The number of methoxy groups -OCH3 is 1. The summed E-state index contributed by atoms with van der Waals surface area (Å²) in [7, 11) is 1.72. The van der Waals surface area contributed by atoms with Crippen LogP contribution in [-0.4, -0.2) is 87.6 Å². The quantitative estimate of drug-likeness (QED) is 0.189. The van der Waals surface area contributed by atoms with Gasteiger partial charge in [-0.15, -0.1) is 0 Å². The molecule has 1 saturated heterocycles. The van der Waals surface area contributed by atoms with E-state index in [4.69, 9.17) is 33.2 Å². The molecule has 0 radical (unpaired) electrons.